The Morgan fingerprint density at radius 2 is 1.95 bits per heavy atom. The van der Waals surface area contributed by atoms with E-state index in [9.17, 15) is 8.78 Å². The van der Waals surface area contributed by atoms with Gasteiger partial charge >= 0.3 is 0 Å². The van der Waals surface area contributed by atoms with E-state index in [1.165, 1.54) is 12.1 Å². The molecule has 6 heteroatoms. The molecule has 0 saturated carbocycles. The molecule has 0 aliphatic heterocycles. The van der Waals surface area contributed by atoms with Crippen LogP contribution in [0.3, 0.4) is 0 Å². The zero-order valence-corrected chi connectivity index (χ0v) is 12.6. The van der Waals surface area contributed by atoms with Crippen molar-refractivity contribution in [3.63, 3.8) is 0 Å². The van der Waals surface area contributed by atoms with Crippen LogP contribution >= 0.6 is 15.9 Å². The molecule has 1 N–H and O–H groups in total. The zero-order chi connectivity index (χ0) is 15.0. The maximum absolute atomic E-state index is 14.1. The molecule has 0 atom stereocenters. The number of aryl methyl sites for hydroxylation is 1. The lowest BCUT2D eigenvalue weighted by atomic mass is 10.2. The van der Waals surface area contributed by atoms with Gasteiger partial charge in [-0.1, -0.05) is 6.07 Å². The molecular weight excluding hydrogens is 340 g/mol. The number of hydrogen-bond acceptors (Lipinski definition) is 3. The van der Waals surface area contributed by atoms with Gasteiger partial charge in [-0.3, -0.25) is 9.97 Å². The second kappa shape index (κ2) is 5.37. The quantitative estimate of drug-likeness (QED) is 0.727. The van der Waals surface area contributed by atoms with Crippen LogP contribution in [0.25, 0.3) is 11.0 Å². The van der Waals surface area contributed by atoms with Gasteiger partial charge in [0.1, 0.15) is 17.0 Å². The van der Waals surface area contributed by atoms with Gasteiger partial charge in [0.25, 0.3) is 0 Å². The predicted octanol–water partition coefficient (Wildman–Crippen LogP) is 4.72. The van der Waals surface area contributed by atoms with Gasteiger partial charge in [0.05, 0.1) is 11.2 Å². The maximum Gasteiger partial charge on any atom is 0.152 e. The van der Waals surface area contributed by atoms with Crippen molar-refractivity contribution >= 4 is 38.3 Å². The van der Waals surface area contributed by atoms with Gasteiger partial charge in [-0.05, 0) is 46.6 Å². The fourth-order valence-corrected chi connectivity index (χ4v) is 2.33. The molecule has 106 valence electrons. The van der Waals surface area contributed by atoms with Crippen LogP contribution in [0.15, 0.2) is 41.1 Å². The minimum atomic E-state index is -0.653. The van der Waals surface area contributed by atoms with Crippen molar-refractivity contribution in [2.75, 3.05) is 5.32 Å². The topological polar surface area (TPSA) is 37.8 Å². The number of nitrogens with one attached hydrogen (secondary N) is 1. The highest BCUT2D eigenvalue weighted by atomic mass is 79.9. The van der Waals surface area contributed by atoms with Crippen molar-refractivity contribution < 1.29 is 8.78 Å². The van der Waals surface area contributed by atoms with Crippen LogP contribution in [0.2, 0.25) is 0 Å². The van der Waals surface area contributed by atoms with Gasteiger partial charge in [-0.2, -0.15) is 0 Å². The molecule has 0 radical (unpaired) electrons. The molecule has 0 amide bonds. The van der Waals surface area contributed by atoms with Gasteiger partial charge in [-0.15, -0.1) is 0 Å². The smallest absolute Gasteiger partial charge is 0.152 e. The number of anilines is 2. The highest BCUT2D eigenvalue weighted by Gasteiger charge is 2.13. The monoisotopic (exact) mass is 349 g/mol. The van der Waals surface area contributed by atoms with Gasteiger partial charge in [-0.25, -0.2) is 8.78 Å². The Balaban J connectivity index is 2.13. The number of fused-ring (bicyclic) bond motifs is 1. The highest BCUT2D eigenvalue weighted by molar-refractivity contribution is 9.10. The normalized spacial score (nSPS) is 10.9. The van der Waals surface area contributed by atoms with Gasteiger partial charge < -0.3 is 5.32 Å². The number of hydrogen-bond donors (Lipinski definition) is 1. The van der Waals surface area contributed by atoms with Gasteiger partial charge in [0.15, 0.2) is 5.82 Å². The molecule has 1 aromatic carbocycles. The zero-order valence-electron chi connectivity index (χ0n) is 11.0. The Hall–Kier alpha value is -2.08. The van der Waals surface area contributed by atoms with E-state index in [0.29, 0.717) is 22.3 Å². The Kier molecular flexibility index (Phi) is 3.55. The minimum Gasteiger partial charge on any atom is -0.349 e. The number of aromatic nitrogens is 2. The molecule has 21 heavy (non-hydrogen) atoms. The highest BCUT2D eigenvalue weighted by Crippen LogP contribution is 2.29. The summed E-state index contributed by atoms with van der Waals surface area (Å²) in [6, 6.07) is 6.05. The Bertz CT molecular complexity index is 837. The molecule has 2 aromatic heterocycles. The van der Waals surface area contributed by atoms with Crippen molar-refractivity contribution in [2.24, 2.45) is 0 Å². The average molecular weight is 350 g/mol. The summed E-state index contributed by atoms with van der Waals surface area (Å²) < 4.78 is 28.7. The van der Waals surface area contributed by atoms with Crippen molar-refractivity contribution in [1.82, 2.24) is 9.97 Å². The van der Waals surface area contributed by atoms with Crippen LogP contribution in [0, 0.1) is 18.6 Å². The van der Waals surface area contributed by atoms with Crippen LogP contribution < -0.4 is 5.32 Å². The Morgan fingerprint density at radius 1 is 1.14 bits per heavy atom. The maximum atomic E-state index is 14.1. The number of pyridine rings is 2. The lowest BCUT2D eigenvalue weighted by Crippen LogP contribution is -2.01. The summed E-state index contributed by atoms with van der Waals surface area (Å²) in [6.07, 6.45) is 3.17. The van der Waals surface area contributed by atoms with E-state index in [4.69, 9.17) is 0 Å². The predicted molar refractivity (Wildman–Crippen MR) is 81.6 cm³/mol. The third-order valence-electron chi connectivity index (χ3n) is 3.09. The van der Waals surface area contributed by atoms with Gasteiger partial charge in [0.2, 0.25) is 0 Å². The lowest BCUT2D eigenvalue weighted by molar-refractivity contribution is 0.585. The number of halogens is 3. The molecule has 0 aliphatic carbocycles. The first-order chi connectivity index (χ1) is 10.1. The number of benzene rings is 1. The number of nitrogens with zero attached hydrogens (tertiary/aromatic N) is 2. The fourth-order valence-electron chi connectivity index (χ4n) is 2.01. The van der Waals surface area contributed by atoms with Crippen molar-refractivity contribution in [1.29, 1.82) is 0 Å². The Morgan fingerprint density at radius 3 is 2.76 bits per heavy atom. The SMILES string of the molecule is Cc1ccc(F)c(Nc2ccnc3cc(Br)cnc23)c1F. The third-order valence-corrected chi connectivity index (χ3v) is 3.52. The summed E-state index contributed by atoms with van der Waals surface area (Å²) in [7, 11) is 0. The van der Waals surface area contributed by atoms with E-state index < -0.39 is 11.6 Å². The van der Waals surface area contributed by atoms with Crippen molar-refractivity contribution in [3.05, 3.63) is 58.3 Å². The summed E-state index contributed by atoms with van der Waals surface area (Å²) in [5.41, 5.74) is 1.85. The number of rotatable bonds is 2. The van der Waals surface area contributed by atoms with E-state index in [1.54, 1.807) is 31.5 Å². The van der Waals surface area contributed by atoms with Crippen LogP contribution in [-0.4, -0.2) is 9.97 Å². The van der Waals surface area contributed by atoms with E-state index in [1.807, 2.05) is 0 Å². The molecular formula is C15H10BrF2N3. The molecule has 0 bridgehead atoms. The van der Waals surface area contributed by atoms with Crippen LogP contribution in [0.1, 0.15) is 5.56 Å². The standard InChI is InChI=1S/C15H10BrF2N3/c1-8-2-3-10(17)14(13(8)18)21-11-4-5-19-12-6-9(16)7-20-15(11)12/h2-7H,1H3,(H,19,21). The first-order valence-electron chi connectivity index (χ1n) is 6.18. The van der Waals surface area contributed by atoms with E-state index in [-0.39, 0.29) is 5.69 Å². The summed E-state index contributed by atoms with van der Waals surface area (Å²) in [5, 5.41) is 2.78. The molecule has 3 nitrogen and oxygen atoms in total. The van der Waals surface area contributed by atoms with Crippen LogP contribution in [0.5, 0.6) is 0 Å². The van der Waals surface area contributed by atoms with Crippen molar-refractivity contribution in [2.45, 2.75) is 6.92 Å². The summed E-state index contributed by atoms with van der Waals surface area (Å²) >= 11 is 3.31. The van der Waals surface area contributed by atoms with Crippen molar-refractivity contribution in [3.8, 4) is 0 Å². The minimum absolute atomic E-state index is 0.188. The fraction of sp³-hybridized carbons (Fsp3) is 0.0667. The first-order valence-corrected chi connectivity index (χ1v) is 6.97. The van der Waals surface area contributed by atoms with Crippen LogP contribution in [-0.2, 0) is 0 Å². The second-order valence-corrected chi connectivity index (χ2v) is 5.47. The molecule has 0 unspecified atom stereocenters. The molecule has 0 spiro atoms. The molecule has 0 aliphatic rings. The summed E-state index contributed by atoms with van der Waals surface area (Å²) in [5.74, 6) is -1.27. The lowest BCUT2D eigenvalue weighted by Gasteiger charge is -2.11. The Labute approximate surface area is 128 Å². The summed E-state index contributed by atoms with van der Waals surface area (Å²) in [6.45, 7) is 1.58. The molecule has 0 saturated heterocycles. The average Bonchev–Trinajstić information content (AvgIpc) is 2.47. The van der Waals surface area contributed by atoms with E-state index in [0.717, 1.165) is 4.47 Å². The molecule has 3 rings (SSSR count). The molecule has 3 aromatic rings. The van der Waals surface area contributed by atoms with Crippen LogP contribution in [0.4, 0.5) is 20.2 Å². The third kappa shape index (κ3) is 2.58. The summed E-state index contributed by atoms with van der Waals surface area (Å²) in [4.78, 5) is 8.43. The first kappa shape index (κ1) is 13.9. The van der Waals surface area contributed by atoms with E-state index in [2.05, 4.69) is 31.2 Å². The van der Waals surface area contributed by atoms with Gasteiger partial charge in [0, 0.05) is 16.9 Å². The molecule has 2 heterocycles. The second-order valence-electron chi connectivity index (χ2n) is 4.56. The largest absolute Gasteiger partial charge is 0.349 e. The molecule has 0 fully saturated rings. The van der Waals surface area contributed by atoms with E-state index >= 15 is 0 Å².